The van der Waals surface area contributed by atoms with Crippen LogP contribution in [-0.2, 0) is 9.73 Å². The van der Waals surface area contributed by atoms with Gasteiger partial charge in [-0.2, -0.15) is 4.36 Å². The van der Waals surface area contributed by atoms with Gasteiger partial charge in [0.15, 0.2) is 5.82 Å². The number of aromatic nitrogens is 2. The summed E-state index contributed by atoms with van der Waals surface area (Å²) < 4.78 is 17.0. The molecule has 2 heterocycles. The van der Waals surface area contributed by atoms with E-state index in [9.17, 15) is 4.21 Å². The minimum atomic E-state index is -2.41. The van der Waals surface area contributed by atoms with E-state index in [2.05, 4.69) is 14.3 Å². The molecule has 0 bridgehead atoms. The van der Waals surface area contributed by atoms with Gasteiger partial charge in [0.2, 0.25) is 0 Å². The summed E-state index contributed by atoms with van der Waals surface area (Å²) in [5.74, 6) is 0.502. The maximum atomic E-state index is 12.7. The molecular weight excluding hydrogens is 258 g/mol. The molecule has 2 atom stereocenters. The summed E-state index contributed by atoms with van der Waals surface area (Å²) >= 11 is 0. The van der Waals surface area contributed by atoms with Crippen LogP contribution in [0.2, 0.25) is 0 Å². The first-order chi connectivity index (χ1) is 8.99. The second-order valence-corrected chi connectivity index (χ2v) is 7.13. The zero-order chi connectivity index (χ0) is 13.9. The van der Waals surface area contributed by atoms with Crippen LogP contribution in [0.5, 0.6) is 0 Å². The van der Waals surface area contributed by atoms with Gasteiger partial charge in [-0.1, -0.05) is 12.1 Å². The van der Waals surface area contributed by atoms with Crippen LogP contribution >= 0.6 is 0 Å². The Balaban J connectivity index is 2.36. The molecule has 5 heteroatoms. The Labute approximate surface area is 114 Å². The first-order valence-electron chi connectivity index (χ1n) is 6.03. The topological polar surface area (TPSA) is 55.2 Å². The van der Waals surface area contributed by atoms with Crippen LogP contribution in [0, 0.1) is 6.92 Å². The first kappa shape index (κ1) is 13.7. The fraction of sp³-hybridized carbons (Fsp3) is 0.286. The lowest BCUT2D eigenvalue weighted by Crippen LogP contribution is -2.08. The summed E-state index contributed by atoms with van der Waals surface area (Å²) in [4.78, 5) is 8.33. The molecule has 0 fully saturated rings. The van der Waals surface area contributed by atoms with Gasteiger partial charge in [0.1, 0.15) is 0 Å². The molecule has 0 N–H and O–H groups in total. The average Bonchev–Trinajstić information content (AvgIpc) is 2.39. The third kappa shape index (κ3) is 3.38. The normalized spacial score (nSPS) is 15.5. The summed E-state index contributed by atoms with van der Waals surface area (Å²) in [6.45, 7) is 3.83. The summed E-state index contributed by atoms with van der Waals surface area (Å²) in [6.07, 6.45) is 5.07. The van der Waals surface area contributed by atoms with Crippen molar-refractivity contribution in [2.75, 3.05) is 6.26 Å². The molecule has 2 aromatic rings. The van der Waals surface area contributed by atoms with Gasteiger partial charge in [0.05, 0.1) is 15.0 Å². The second kappa shape index (κ2) is 5.48. The Morgan fingerprint density at radius 1 is 1.21 bits per heavy atom. The average molecular weight is 275 g/mol. The number of hydrogen-bond acceptors (Lipinski definition) is 4. The summed E-state index contributed by atoms with van der Waals surface area (Å²) in [7, 11) is -2.41. The van der Waals surface area contributed by atoms with Crippen LogP contribution in [0.25, 0.3) is 0 Å². The Morgan fingerprint density at radius 2 is 2.00 bits per heavy atom. The van der Waals surface area contributed by atoms with Gasteiger partial charge in [-0.05, 0) is 37.6 Å². The van der Waals surface area contributed by atoms with Gasteiger partial charge in [0, 0.05) is 24.3 Å². The third-order valence-electron chi connectivity index (χ3n) is 2.98. The maximum Gasteiger partial charge on any atom is 0.161 e. The lowest BCUT2D eigenvalue weighted by atomic mass is 10.2. The van der Waals surface area contributed by atoms with Crippen molar-refractivity contribution in [1.82, 2.24) is 9.97 Å². The summed E-state index contributed by atoms with van der Waals surface area (Å²) in [6, 6.07) is 9.26. The Kier molecular flexibility index (Phi) is 3.95. The van der Waals surface area contributed by atoms with Crippen molar-refractivity contribution in [3.05, 3.63) is 54.0 Å². The van der Waals surface area contributed by atoms with E-state index >= 15 is 0 Å². The van der Waals surface area contributed by atoms with Crippen molar-refractivity contribution in [2.45, 2.75) is 19.1 Å². The molecule has 2 rings (SSSR count). The molecule has 0 amide bonds. The number of nitrogens with zero attached hydrogens (tertiary/aromatic N) is 3. The van der Waals surface area contributed by atoms with Crippen LogP contribution in [-0.4, -0.2) is 20.4 Å². The molecule has 0 aliphatic rings. The monoisotopic (exact) mass is 275 g/mol. The molecule has 100 valence electrons. The van der Waals surface area contributed by atoms with E-state index in [-0.39, 0.29) is 5.25 Å². The standard InChI is InChI=1S/C14H17N3OS/c1-11-7-8-13(10-16-11)12(2)19(3,18)17-14-6-4-5-9-15-14/h4-10,12H,1-3H3. The van der Waals surface area contributed by atoms with Crippen LogP contribution in [0.4, 0.5) is 5.82 Å². The predicted molar refractivity (Wildman–Crippen MR) is 77.8 cm³/mol. The van der Waals surface area contributed by atoms with Gasteiger partial charge in [-0.15, -0.1) is 0 Å². The van der Waals surface area contributed by atoms with E-state index in [0.717, 1.165) is 11.3 Å². The largest absolute Gasteiger partial charge is 0.261 e. The highest BCUT2D eigenvalue weighted by Crippen LogP contribution is 2.24. The number of aryl methyl sites for hydroxylation is 1. The van der Waals surface area contributed by atoms with Crippen molar-refractivity contribution >= 4 is 15.5 Å². The maximum absolute atomic E-state index is 12.7. The van der Waals surface area contributed by atoms with Gasteiger partial charge in [-0.3, -0.25) is 4.98 Å². The Morgan fingerprint density at radius 3 is 2.58 bits per heavy atom. The summed E-state index contributed by atoms with van der Waals surface area (Å²) in [5, 5.41) is -0.192. The zero-order valence-corrected chi connectivity index (χ0v) is 12.1. The minimum absolute atomic E-state index is 0.192. The number of pyridine rings is 2. The molecule has 0 aromatic carbocycles. The third-order valence-corrected chi connectivity index (χ3v) is 5.12. The smallest absolute Gasteiger partial charge is 0.161 e. The Bertz CT molecular complexity index is 659. The summed E-state index contributed by atoms with van der Waals surface area (Å²) in [5.41, 5.74) is 1.87. The molecule has 0 saturated heterocycles. The molecule has 2 aromatic heterocycles. The number of hydrogen-bond donors (Lipinski definition) is 0. The van der Waals surface area contributed by atoms with E-state index in [4.69, 9.17) is 0 Å². The van der Waals surface area contributed by atoms with E-state index in [0.29, 0.717) is 5.82 Å². The van der Waals surface area contributed by atoms with Crippen molar-refractivity contribution in [3.8, 4) is 0 Å². The molecule has 0 spiro atoms. The van der Waals surface area contributed by atoms with E-state index in [1.807, 2.05) is 38.1 Å². The van der Waals surface area contributed by atoms with Crippen molar-refractivity contribution in [2.24, 2.45) is 4.36 Å². The highest BCUT2D eigenvalue weighted by Gasteiger charge is 2.16. The first-order valence-corrected chi connectivity index (χ1v) is 8.02. The lowest BCUT2D eigenvalue weighted by molar-refractivity contribution is 0.673. The highest BCUT2D eigenvalue weighted by atomic mass is 32.2. The van der Waals surface area contributed by atoms with Gasteiger partial charge >= 0.3 is 0 Å². The van der Waals surface area contributed by atoms with Crippen molar-refractivity contribution in [1.29, 1.82) is 0 Å². The van der Waals surface area contributed by atoms with Crippen molar-refractivity contribution < 1.29 is 4.21 Å². The van der Waals surface area contributed by atoms with Crippen LogP contribution in [0.1, 0.15) is 23.4 Å². The van der Waals surface area contributed by atoms with Gasteiger partial charge < -0.3 is 0 Å². The molecule has 0 radical (unpaired) electrons. The fourth-order valence-electron chi connectivity index (χ4n) is 1.64. The quantitative estimate of drug-likeness (QED) is 0.863. The number of rotatable bonds is 3. The van der Waals surface area contributed by atoms with E-state index < -0.39 is 9.73 Å². The fourth-order valence-corrected chi connectivity index (χ4v) is 2.93. The van der Waals surface area contributed by atoms with E-state index in [1.54, 1.807) is 24.7 Å². The second-order valence-electron chi connectivity index (χ2n) is 4.52. The molecular formula is C14H17N3OS. The zero-order valence-electron chi connectivity index (χ0n) is 11.3. The van der Waals surface area contributed by atoms with E-state index in [1.165, 1.54) is 0 Å². The van der Waals surface area contributed by atoms with Crippen LogP contribution < -0.4 is 0 Å². The van der Waals surface area contributed by atoms with Crippen LogP contribution in [0.15, 0.2) is 47.1 Å². The molecule has 19 heavy (non-hydrogen) atoms. The molecule has 0 aliphatic carbocycles. The Hall–Kier alpha value is -1.75. The molecule has 2 unspecified atom stereocenters. The van der Waals surface area contributed by atoms with Crippen LogP contribution in [0.3, 0.4) is 0 Å². The van der Waals surface area contributed by atoms with Gasteiger partial charge in [0.25, 0.3) is 0 Å². The SMILES string of the molecule is Cc1ccc(C(C)S(C)(=O)=Nc2ccccn2)cn1. The minimum Gasteiger partial charge on any atom is -0.261 e. The lowest BCUT2D eigenvalue weighted by Gasteiger charge is -2.13. The highest BCUT2D eigenvalue weighted by molar-refractivity contribution is 7.93. The van der Waals surface area contributed by atoms with Gasteiger partial charge in [-0.25, -0.2) is 9.19 Å². The molecule has 0 saturated carbocycles. The molecule has 4 nitrogen and oxygen atoms in total. The van der Waals surface area contributed by atoms with Crippen molar-refractivity contribution in [3.63, 3.8) is 0 Å². The molecule has 0 aliphatic heterocycles. The predicted octanol–water partition coefficient (Wildman–Crippen LogP) is 3.28.